The van der Waals surface area contributed by atoms with Gasteiger partial charge in [-0.05, 0) is 18.6 Å². The lowest BCUT2D eigenvalue weighted by Crippen LogP contribution is -2.22. The van der Waals surface area contributed by atoms with Crippen LogP contribution >= 0.6 is 11.6 Å². The highest BCUT2D eigenvalue weighted by Gasteiger charge is 2.21. The van der Waals surface area contributed by atoms with Gasteiger partial charge in [0.15, 0.2) is 0 Å². The standard InChI is InChI=1S/C10H14ClNO3/c1-5-7(12)3-2-6(9(5)11)10(15)8(14)4-13/h2-3,8,10,13-15H,4,12H2,1H3. The summed E-state index contributed by atoms with van der Waals surface area (Å²) in [5.74, 6) is 0. The summed E-state index contributed by atoms with van der Waals surface area (Å²) in [5.41, 5.74) is 7.16. The summed E-state index contributed by atoms with van der Waals surface area (Å²) < 4.78 is 0. The molecule has 0 amide bonds. The van der Waals surface area contributed by atoms with Gasteiger partial charge in [-0.1, -0.05) is 17.7 Å². The van der Waals surface area contributed by atoms with Crippen molar-refractivity contribution in [3.8, 4) is 0 Å². The molecule has 84 valence electrons. The fraction of sp³-hybridized carbons (Fsp3) is 0.400. The summed E-state index contributed by atoms with van der Waals surface area (Å²) in [6, 6.07) is 3.14. The molecule has 5 heteroatoms. The van der Waals surface area contributed by atoms with Gasteiger partial charge in [0.2, 0.25) is 0 Å². The van der Waals surface area contributed by atoms with Crippen molar-refractivity contribution in [1.29, 1.82) is 0 Å². The molecule has 0 aliphatic heterocycles. The van der Waals surface area contributed by atoms with Crippen molar-refractivity contribution in [1.82, 2.24) is 0 Å². The van der Waals surface area contributed by atoms with Crippen molar-refractivity contribution >= 4 is 17.3 Å². The molecule has 4 nitrogen and oxygen atoms in total. The largest absolute Gasteiger partial charge is 0.398 e. The number of benzene rings is 1. The molecule has 0 radical (unpaired) electrons. The minimum absolute atomic E-state index is 0.315. The lowest BCUT2D eigenvalue weighted by Gasteiger charge is -2.18. The molecule has 0 aromatic heterocycles. The average Bonchev–Trinajstić information content (AvgIpc) is 2.24. The van der Waals surface area contributed by atoms with Gasteiger partial charge in [0, 0.05) is 11.3 Å². The number of halogens is 1. The van der Waals surface area contributed by atoms with Crippen LogP contribution in [0, 0.1) is 6.92 Å². The van der Waals surface area contributed by atoms with Crippen molar-refractivity contribution in [2.75, 3.05) is 12.3 Å². The maximum atomic E-state index is 9.65. The molecule has 0 saturated carbocycles. The number of anilines is 1. The molecule has 1 rings (SSSR count). The Bertz CT molecular complexity index is 357. The van der Waals surface area contributed by atoms with Crippen molar-refractivity contribution in [2.24, 2.45) is 0 Å². The molecule has 0 aliphatic rings. The van der Waals surface area contributed by atoms with Gasteiger partial charge in [-0.25, -0.2) is 0 Å². The topological polar surface area (TPSA) is 86.7 Å². The first-order valence-electron chi connectivity index (χ1n) is 4.50. The second-order valence-electron chi connectivity index (χ2n) is 3.38. The Morgan fingerprint density at radius 2 is 2.00 bits per heavy atom. The Labute approximate surface area is 92.9 Å². The third-order valence-corrected chi connectivity index (χ3v) is 2.83. The Kier molecular flexibility index (Phi) is 3.93. The monoisotopic (exact) mass is 231 g/mol. The number of aliphatic hydroxyl groups is 3. The van der Waals surface area contributed by atoms with Gasteiger partial charge in [0.05, 0.1) is 11.6 Å². The van der Waals surface area contributed by atoms with Crippen LogP contribution in [-0.4, -0.2) is 28.0 Å². The molecular formula is C10H14ClNO3. The predicted octanol–water partition coefficient (Wildman–Crippen LogP) is 0.617. The van der Waals surface area contributed by atoms with E-state index in [9.17, 15) is 10.2 Å². The highest BCUT2D eigenvalue weighted by molar-refractivity contribution is 6.32. The van der Waals surface area contributed by atoms with E-state index < -0.39 is 18.8 Å². The van der Waals surface area contributed by atoms with E-state index in [1.54, 1.807) is 13.0 Å². The summed E-state index contributed by atoms with van der Waals surface area (Å²) >= 11 is 5.96. The Morgan fingerprint density at radius 1 is 1.40 bits per heavy atom. The zero-order valence-corrected chi connectivity index (χ0v) is 9.07. The second kappa shape index (κ2) is 4.81. The number of hydrogen-bond acceptors (Lipinski definition) is 4. The van der Waals surface area contributed by atoms with Gasteiger partial charge in [0.25, 0.3) is 0 Å². The molecular weight excluding hydrogens is 218 g/mol. The Hall–Kier alpha value is -0.810. The van der Waals surface area contributed by atoms with E-state index in [4.69, 9.17) is 22.4 Å². The van der Waals surface area contributed by atoms with Crippen LogP contribution in [-0.2, 0) is 0 Å². The van der Waals surface area contributed by atoms with Crippen LogP contribution in [0.25, 0.3) is 0 Å². The van der Waals surface area contributed by atoms with E-state index in [1.807, 2.05) is 0 Å². The molecule has 2 atom stereocenters. The van der Waals surface area contributed by atoms with Gasteiger partial charge >= 0.3 is 0 Å². The lowest BCUT2D eigenvalue weighted by atomic mass is 10.0. The average molecular weight is 232 g/mol. The van der Waals surface area contributed by atoms with E-state index in [1.165, 1.54) is 6.07 Å². The maximum Gasteiger partial charge on any atom is 0.109 e. The molecule has 2 unspecified atom stereocenters. The summed E-state index contributed by atoms with van der Waals surface area (Å²) in [7, 11) is 0. The SMILES string of the molecule is Cc1c(N)ccc(C(O)C(O)CO)c1Cl. The van der Waals surface area contributed by atoms with E-state index in [0.29, 0.717) is 21.8 Å². The molecule has 0 heterocycles. The fourth-order valence-electron chi connectivity index (χ4n) is 1.26. The van der Waals surface area contributed by atoms with Gasteiger partial charge in [0.1, 0.15) is 12.2 Å². The molecule has 15 heavy (non-hydrogen) atoms. The normalized spacial score (nSPS) is 15.0. The molecule has 0 bridgehead atoms. The molecule has 1 aromatic rings. The van der Waals surface area contributed by atoms with Gasteiger partial charge in [-0.15, -0.1) is 0 Å². The van der Waals surface area contributed by atoms with Crippen molar-refractivity contribution in [3.63, 3.8) is 0 Å². The quantitative estimate of drug-likeness (QED) is 0.575. The Balaban J connectivity index is 3.10. The van der Waals surface area contributed by atoms with E-state index in [-0.39, 0.29) is 0 Å². The third kappa shape index (κ3) is 2.41. The molecule has 5 N–H and O–H groups in total. The summed E-state index contributed by atoms with van der Waals surface area (Å²) in [4.78, 5) is 0. The lowest BCUT2D eigenvalue weighted by molar-refractivity contribution is -0.0152. The second-order valence-corrected chi connectivity index (χ2v) is 3.76. The van der Waals surface area contributed by atoms with E-state index in [2.05, 4.69) is 0 Å². The first-order valence-corrected chi connectivity index (χ1v) is 4.88. The van der Waals surface area contributed by atoms with Crippen LogP contribution in [0.2, 0.25) is 5.02 Å². The smallest absolute Gasteiger partial charge is 0.109 e. The number of aliphatic hydroxyl groups excluding tert-OH is 3. The fourth-order valence-corrected chi connectivity index (χ4v) is 1.54. The first-order chi connectivity index (χ1) is 6.99. The van der Waals surface area contributed by atoms with E-state index in [0.717, 1.165) is 0 Å². The molecule has 0 spiro atoms. The van der Waals surface area contributed by atoms with Crippen LogP contribution in [0.15, 0.2) is 12.1 Å². The van der Waals surface area contributed by atoms with E-state index >= 15 is 0 Å². The Morgan fingerprint density at radius 3 is 2.53 bits per heavy atom. The molecule has 0 aliphatic carbocycles. The number of nitrogen functional groups attached to an aromatic ring is 1. The number of nitrogens with two attached hydrogens (primary N) is 1. The minimum Gasteiger partial charge on any atom is -0.398 e. The predicted molar refractivity (Wildman–Crippen MR) is 58.7 cm³/mol. The zero-order valence-electron chi connectivity index (χ0n) is 8.31. The van der Waals surface area contributed by atoms with Crippen LogP contribution in [0.1, 0.15) is 17.2 Å². The number of rotatable bonds is 3. The highest BCUT2D eigenvalue weighted by Crippen LogP contribution is 2.31. The zero-order chi connectivity index (χ0) is 11.6. The number of hydrogen-bond donors (Lipinski definition) is 4. The molecule has 0 fully saturated rings. The first kappa shape index (κ1) is 12.3. The van der Waals surface area contributed by atoms with Crippen molar-refractivity contribution in [2.45, 2.75) is 19.1 Å². The molecule has 0 saturated heterocycles. The summed E-state index contributed by atoms with van der Waals surface area (Å²) in [6.45, 7) is 1.19. The van der Waals surface area contributed by atoms with Crippen molar-refractivity contribution in [3.05, 3.63) is 28.3 Å². The van der Waals surface area contributed by atoms with Crippen molar-refractivity contribution < 1.29 is 15.3 Å². The highest BCUT2D eigenvalue weighted by atomic mass is 35.5. The molecule has 1 aromatic carbocycles. The third-order valence-electron chi connectivity index (χ3n) is 2.33. The van der Waals surface area contributed by atoms with Gasteiger partial charge in [-0.2, -0.15) is 0 Å². The summed E-state index contributed by atoms with van der Waals surface area (Å²) in [6.07, 6.45) is -2.45. The van der Waals surface area contributed by atoms with Gasteiger partial charge < -0.3 is 21.1 Å². The van der Waals surface area contributed by atoms with Gasteiger partial charge in [-0.3, -0.25) is 0 Å². The minimum atomic E-state index is -1.24. The van der Waals surface area contributed by atoms with Crippen LogP contribution in [0.3, 0.4) is 0 Å². The van der Waals surface area contributed by atoms with Crippen LogP contribution in [0.4, 0.5) is 5.69 Å². The summed E-state index contributed by atoms with van der Waals surface area (Å²) in [5, 5.41) is 27.9. The van der Waals surface area contributed by atoms with Crippen LogP contribution < -0.4 is 5.73 Å². The van der Waals surface area contributed by atoms with Crippen LogP contribution in [0.5, 0.6) is 0 Å². The maximum absolute atomic E-state index is 9.65.